The first-order valence-electron chi connectivity index (χ1n) is 10.6. The molecule has 1 aromatic rings. The van der Waals surface area contributed by atoms with Crippen molar-refractivity contribution in [2.75, 3.05) is 53.0 Å². The van der Waals surface area contributed by atoms with Gasteiger partial charge in [0.1, 0.15) is 0 Å². The van der Waals surface area contributed by atoms with Crippen molar-refractivity contribution in [1.29, 1.82) is 0 Å². The number of hydrogen-bond donors (Lipinski definition) is 0. The third-order valence-electron chi connectivity index (χ3n) is 5.86. The summed E-state index contributed by atoms with van der Waals surface area (Å²) in [6.45, 7) is 6.26. The summed E-state index contributed by atoms with van der Waals surface area (Å²) in [6.07, 6.45) is 3.52. The van der Waals surface area contributed by atoms with Gasteiger partial charge in [0.15, 0.2) is 0 Å². The van der Waals surface area contributed by atoms with E-state index in [0.717, 1.165) is 44.3 Å². The molecule has 0 N–H and O–H groups in total. The molecule has 1 aromatic carbocycles. The van der Waals surface area contributed by atoms with E-state index in [4.69, 9.17) is 4.74 Å². The monoisotopic (exact) mass is 423 g/mol. The number of carbonyl (C=O) groups is 1. The van der Waals surface area contributed by atoms with Crippen molar-refractivity contribution in [2.45, 2.75) is 43.5 Å². The lowest BCUT2D eigenvalue weighted by Gasteiger charge is -2.26. The van der Waals surface area contributed by atoms with Gasteiger partial charge in [0, 0.05) is 46.4 Å². The number of nitrogens with zero attached hydrogens (tertiary/aromatic N) is 3. The van der Waals surface area contributed by atoms with Gasteiger partial charge in [-0.1, -0.05) is 25.5 Å². The highest BCUT2D eigenvalue weighted by Gasteiger charge is 2.37. The molecule has 162 valence electrons. The first-order valence-corrected chi connectivity index (χ1v) is 12.0. The summed E-state index contributed by atoms with van der Waals surface area (Å²) < 4.78 is 32.8. The second kappa shape index (κ2) is 10.0. The quantitative estimate of drug-likeness (QED) is 0.635. The molecule has 2 saturated heterocycles. The first-order chi connectivity index (χ1) is 14.0. The highest BCUT2D eigenvalue weighted by Crippen LogP contribution is 2.22. The molecule has 0 aliphatic carbocycles. The van der Waals surface area contributed by atoms with Crippen molar-refractivity contribution in [3.8, 4) is 0 Å². The van der Waals surface area contributed by atoms with Gasteiger partial charge in [-0.3, -0.25) is 9.69 Å². The minimum absolute atomic E-state index is 0.136. The summed E-state index contributed by atoms with van der Waals surface area (Å²) in [5, 5.41) is 0. The van der Waals surface area contributed by atoms with Gasteiger partial charge in [0.25, 0.3) is 0 Å². The molecule has 29 heavy (non-hydrogen) atoms. The number of carbonyl (C=O) groups excluding carboxylic acids is 1. The van der Waals surface area contributed by atoms with Gasteiger partial charge >= 0.3 is 0 Å². The van der Waals surface area contributed by atoms with Crippen molar-refractivity contribution >= 4 is 15.9 Å². The first kappa shape index (κ1) is 22.2. The van der Waals surface area contributed by atoms with E-state index in [1.165, 1.54) is 0 Å². The molecule has 2 aliphatic heterocycles. The molecule has 0 spiro atoms. The van der Waals surface area contributed by atoms with Gasteiger partial charge in [-0.25, -0.2) is 8.42 Å². The van der Waals surface area contributed by atoms with E-state index in [9.17, 15) is 13.2 Å². The molecule has 1 amide bonds. The predicted molar refractivity (Wildman–Crippen MR) is 112 cm³/mol. The van der Waals surface area contributed by atoms with Gasteiger partial charge in [-0.05, 0) is 37.0 Å². The van der Waals surface area contributed by atoms with Gasteiger partial charge < -0.3 is 9.64 Å². The SMILES string of the molecule is CCCc1ccc(S(=O)(=O)N2CCCN([C@@H]3CCN(CCOC)C3=O)CC2)cc1. The minimum Gasteiger partial charge on any atom is -0.383 e. The summed E-state index contributed by atoms with van der Waals surface area (Å²) in [5.74, 6) is 0.143. The fourth-order valence-corrected chi connectivity index (χ4v) is 5.69. The minimum atomic E-state index is -3.51. The van der Waals surface area contributed by atoms with Gasteiger partial charge in [0.2, 0.25) is 15.9 Å². The largest absolute Gasteiger partial charge is 0.383 e. The maximum Gasteiger partial charge on any atom is 0.243 e. The zero-order valence-electron chi connectivity index (χ0n) is 17.5. The van der Waals surface area contributed by atoms with Crippen LogP contribution >= 0.6 is 0 Å². The fraction of sp³-hybridized carbons (Fsp3) is 0.667. The van der Waals surface area contributed by atoms with Crippen LogP contribution in [-0.2, 0) is 26.0 Å². The van der Waals surface area contributed by atoms with Crippen molar-refractivity contribution in [2.24, 2.45) is 0 Å². The summed E-state index contributed by atoms with van der Waals surface area (Å²) >= 11 is 0. The molecule has 0 bridgehead atoms. The number of ether oxygens (including phenoxy) is 1. The van der Waals surface area contributed by atoms with Crippen molar-refractivity contribution < 1.29 is 17.9 Å². The van der Waals surface area contributed by atoms with Crippen LogP contribution in [0.4, 0.5) is 0 Å². The van der Waals surface area contributed by atoms with Crippen molar-refractivity contribution in [3.05, 3.63) is 29.8 Å². The van der Waals surface area contributed by atoms with Crippen LogP contribution in [0.3, 0.4) is 0 Å². The Morgan fingerprint density at radius 2 is 1.83 bits per heavy atom. The van der Waals surface area contributed by atoms with E-state index < -0.39 is 10.0 Å². The van der Waals surface area contributed by atoms with Crippen LogP contribution in [0.15, 0.2) is 29.2 Å². The molecule has 2 aliphatic rings. The van der Waals surface area contributed by atoms with Gasteiger partial charge in [0.05, 0.1) is 17.5 Å². The van der Waals surface area contributed by atoms with E-state index >= 15 is 0 Å². The number of rotatable bonds is 8. The lowest BCUT2D eigenvalue weighted by Crippen LogP contribution is -2.44. The maximum atomic E-state index is 13.1. The average Bonchev–Trinajstić information content (AvgIpc) is 2.92. The molecule has 8 heteroatoms. The number of amides is 1. The number of likely N-dealkylation sites (tertiary alicyclic amines) is 1. The highest BCUT2D eigenvalue weighted by atomic mass is 32.2. The highest BCUT2D eigenvalue weighted by molar-refractivity contribution is 7.89. The van der Waals surface area contributed by atoms with E-state index in [-0.39, 0.29) is 11.9 Å². The molecule has 2 fully saturated rings. The molecule has 3 rings (SSSR count). The zero-order valence-corrected chi connectivity index (χ0v) is 18.4. The Kier molecular flexibility index (Phi) is 7.67. The summed E-state index contributed by atoms with van der Waals surface area (Å²) in [6, 6.07) is 7.12. The normalized spacial score (nSPS) is 22.2. The second-order valence-corrected chi connectivity index (χ2v) is 9.75. The van der Waals surface area contributed by atoms with Crippen LogP contribution < -0.4 is 0 Å². The van der Waals surface area contributed by atoms with Crippen LogP contribution in [0, 0.1) is 0 Å². The van der Waals surface area contributed by atoms with Gasteiger partial charge in [-0.15, -0.1) is 0 Å². The maximum absolute atomic E-state index is 13.1. The number of methoxy groups -OCH3 is 1. The second-order valence-electron chi connectivity index (χ2n) is 7.81. The Bertz CT molecular complexity index is 782. The van der Waals surface area contributed by atoms with Crippen molar-refractivity contribution in [3.63, 3.8) is 0 Å². The summed E-state index contributed by atoms with van der Waals surface area (Å²) in [7, 11) is -1.87. The Morgan fingerprint density at radius 3 is 2.52 bits per heavy atom. The number of hydrogen-bond acceptors (Lipinski definition) is 5. The van der Waals surface area contributed by atoms with E-state index in [1.54, 1.807) is 23.5 Å². The molecule has 7 nitrogen and oxygen atoms in total. The third-order valence-corrected chi connectivity index (χ3v) is 7.78. The summed E-state index contributed by atoms with van der Waals surface area (Å²) in [5.41, 5.74) is 1.16. The lowest BCUT2D eigenvalue weighted by molar-refractivity contribution is -0.132. The van der Waals surface area contributed by atoms with Crippen LogP contribution in [-0.4, -0.2) is 87.5 Å². The average molecular weight is 424 g/mol. The molecule has 1 atom stereocenters. The fourth-order valence-electron chi connectivity index (χ4n) is 4.22. The van der Waals surface area contributed by atoms with E-state index in [2.05, 4.69) is 11.8 Å². The topological polar surface area (TPSA) is 70.2 Å². The molecule has 0 radical (unpaired) electrons. The molecule has 0 saturated carbocycles. The van der Waals surface area contributed by atoms with Crippen LogP contribution in [0.1, 0.15) is 31.7 Å². The number of sulfonamides is 1. The van der Waals surface area contributed by atoms with E-state index in [0.29, 0.717) is 37.7 Å². The van der Waals surface area contributed by atoms with Crippen LogP contribution in [0.25, 0.3) is 0 Å². The van der Waals surface area contributed by atoms with Gasteiger partial charge in [-0.2, -0.15) is 4.31 Å². The molecule has 2 heterocycles. The Labute approximate surface area is 174 Å². The van der Waals surface area contributed by atoms with Crippen LogP contribution in [0.5, 0.6) is 0 Å². The molecular formula is C21H33N3O4S. The van der Waals surface area contributed by atoms with E-state index in [1.807, 2.05) is 17.0 Å². The smallest absolute Gasteiger partial charge is 0.243 e. The third kappa shape index (κ3) is 5.17. The molecule has 0 aromatic heterocycles. The standard InChI is InChI=1S/C21H33N3O4S/c1-3-5-18-6-8-19(9-7-18)29(26,27)24-12-4-11-22(14-15-24)20-10-13-23(21(20)25)16-17-28-2/h6-9,20H,3-5,10-17H2,1-2H3/t20-/m1/s1. The lowest BCUT2D eigenvalue weighted by atomic mass is 10.1. The Morgan fingerprint density at radius 1 is 1.07 bits per heavy atom. The molecular weight excluding hydrogens is 390 g/mol. The number of aryl methyl sites for hydroxylation is 1. The summed E-state index contributed by atoms with van der Waals surface area (Å²) in [4.78, 5) is 17.1. The Hall–Kier alpha value is -1.48. The van der Waals surface area contributed by atoms with Crippen LogP contribution in [0.2, 0.25) is 0 Å². The predicted octanol–water partition coefficient (Wildman–Crippen LogP) is 1.58. The Balaban J connectivity index is 1.62. The van der Waals surface area contributed by atoms with Crippen molar-refractivity contribution in [1.82, 2.24) is 14.1 Å². The zero-order chi connectivity index (χ0) is 20.9. The number of benzene rings is 1. The molecule has 0 unspecified atom stereocenters.